The minimum absolute atomic E-state index is 0.0170. The van der Waals surface area contributed by atoms with E-state index in [1.54, 1.807) is 38.7 Å². The largest absolute Gasteiger partial charge is 0.444 e. The highest BCUT2D eigenvalue weighted by Crippen LogP contribution is 2.32. The molecule has 1 amide bonds. The summed E-state index contributed by atoms with van der Waals surface area (Å²) < 4.78 is 40.8. The van der Waals surface area contributed by atoms with Crippen LogP contribution in [-0.4, -0.2) is 51.5 Å². The van der Waals surface area contributed by atoms with Gasteiger partial charge in [-0.1, -0.05) is 0 Å². The number of aryl methyl sites for hydroxylation is 1. The van der Waals surface area contributed by atoms with Gasteiger partial charge < -0.3 is 9.47 Å². The van der Waals surface area contributed by atoms with Gasteiger partial charge in [0.15, 0.2) is 0 Å². The van der Waals surface area contributed by atoms with Crippen molar-refractivity contribution in [3.8, 4) is 0 Å². The summed E-state index contributed by atoms with van der Waals surface area (Å²) >= 11 is 3.30. The minimum Gasteiger partial charge on any atom is -0.444 e. The maximum absolute atomic E-state index is 14.1. The minimum atomic E-state index is -3.12. The molecule has 9 heteroatoms. The maximum Gasteiger partial charge on any atom is 0.410 e. The molecule has 0 saturated carbocycles. The van der Waals surface area contributed by atoms with Crippen molar-refractivity contribution in [2.45, 2.75) is 45.0 Å². The number of likely N-dealkylation sites (tertiary alicyclic amines) is 1. The van der Waals surface area contributed by atoms with Crippen LogP contribution in [0.5, 0.6) is 0 Å². The predicted octanol–water partition coefficient (Wildman–Crippen LogP) is 2.95. The average molecular weight is 396 g/mol. The van der Waals surface area contributed by atoms with Crippen LogP contribution in [0.1, 0.15) is 26.3 Å². The molecule has 1 aromatic heterocycles. The number of carbonyl (C=O) groups is 1. The smallest absolute Gasteiger partial charge is 0.410 e. The molecule has 1 aromatic rings. The standard InChI is InChI=1S/C14H20BrF2N3O3/c1-13(2,3)23-12(21)20-6-10(14(16,17)8-20)22-7-9-5-18-19(4)11(9)15/h5,10H,6-8H2,1-4H3/t10-/m1/s1. The highest BCUT2D eigenvalue weighted by molar-refractivity contribution is 9.10. The molecule has 0 aromatic carbocycles. The molecule has 1 atom stereocenters. The number of amides is 1. The second-order valence-electron chi connectivity index (χ2n) is 6.51. The second-order valence-corrected chi connectivity index (χ2v) is 7.26. The summed E-state index contributed by atoms with van der Waals surface area (Å²) in [4.78, 5) is 12.9. The Morgan fingerprint density at radius 1 is 1.52 bits per heavy atom. The SMILES string of the molecule is Cn1ncc(CO[C@@H]2CN(C(=O)OC(C)(C)C)CC2(F)F)c1Br. The van der Waals surface area contributed by atoms with Gasteiger partial charge in [0.2, 0.25) is 0 Å². The number of rotatable bonds is 3. The molecule has 0 N–H and O–H groups in total. The number of aromatic nitrogens is 2. The zero-order chi connectivity index (χ0) is 17.4. The van der Waals surface area contributed by atoms with E-state index in [0.29, 0.717) is 10.2 Å². The highest BCUT2D eigenvalue weighted by atomic mass is 79.9. The van der Waals surface area contributed by atoms with Crippen LogP contribution in [-0.2, 0) is 23.1 Å². The fraction of sp³-hybridized carbons (Fsp3) is 0.714. The van der Waals surface area contributed by atoms with Crippen molar-refractivity contribution in [3.63, 3.8) is 0 Å². The Balaban J connectivity index is 1.97. The predicted molar refractivity (Wildman–Crippen MR) is 82.2 cm³/mol. The van der Waals surface area contributed by atoms with E-state index in [4.69, 9.17) is 9.47 Å². The molecule has 1 fully saturated rings. The van der Waals surface area contributed by atoms with Crippen LogP contribution in [0, 0.1) is 0 Å². The van der Waals surface area contributed by atoms with Gasteiger partial charge in [-0.3, -0.25) is 9.58 Å². The summed E-state index contributed by atoms with van der Waals surface area (Å²) in [6.45, 7) is 4.13. The van der Waals surface area contributed by atoms with Gasteiger partial charge in [0, 0.05) is 12.6 Å². The van der Waals surface area contributed by atoms with Crippen LogP contribution in [0.25, 0.3) is 0 Å². The molecular weight excluding hydrogens is 376 g/mol. The molecule has 0 radical (unpaired) electrons. The van der Waals surface area contributed by atoms with Gasteiger partial charge in [-0.25, -0.2) is 13.6 Å². The Morgan fingerprint density at radius 3 is 2.70 bits per heavy atom. The van der Waals surface area contributed by atoms with Crippen molar-refractivity contribution in [1.82, 2.24) is 14.7 Å². The maximum atomic E-state index is 14.1. The molecule has 6 nitrogen and oxygen atoms in total. The van der Waals surface area contributed by atoms with Gasteiger partial charge in [-0.15, -0.1) is 0 Å². The van der Waals surface area contributed by atoms with E-state index in [0.717, 1.165) is 4.90 Å². The van der Waals surface area contributed by atoms with Crippen LogP contribution in [0.4, 0.5) is 13.6 Å². The van der Waals surface area contributed by atoms with E-state index in [2.05, 4.69) is 21.0 Å². The van der Waals surface area contributed by atoms with Crippen molar-refractivity contribution in [3.05, 3.63) is 16.4 Å². The van der Waals surface area contributed by atoms with Crippen molar-refractivity contribution in [2.24, 2.45) is 7.05 Å². The first-order valence-electron chi connectivity index (χ1n) is 7.13. The molecule has 0 unspecified atom stereocenters. The summed E-state index contributed by atoms with van der Waals surface area (Å²) in [6.07, 6.45) is -0.587. The molecule has 2 heterocycles. The third-order valence-corrected chi connectivity index (χ3v) is 4.31. The number of hydrogen-bond acceptors (Lipinski definition) is 4. The summed E-state index contributed by atoms with van der Waals surface area (Å²) in [5.41, 5.74) is -0.0645. The Kier molecular flexibility index (Phi) is 5.00. The van der Waals surface area contributed by atoms with Crippen LogP contribution in [0.3, 0.4) is 0 Å². The van der Waals surface area contributed by atoms with E-state index in [1.807, 2.05) is 0 Å². The van der Waals surface area contributed by atoms with Gasteiger partial charge in [0.25, 0.3) is 5.92 Å². The topological polar surface area (TPSA) is 56.6 Å². The molecule has 0 spiro atoms. The fourth-order valence-electron chi connectivity index (χ4n) is 2.15. The number of ether oxygens (including phenoxy) is 2. The van der Waals surface area contributed by atoms with E-state index in [9.17, 15) is 13.6 Å². The average Bonchev–Trinajstić information content (AvgIpc) is 2.87. The van der Waals surface area contributed by atoms with E-state index in [-0.39, 0.29) is 13.2 Å². The van der Waals surface area contributed by atoms with Crippen LogP contribution in [0.15, 0.2) is 10.8 Å². The third kappa shape index (κ3) is 4.41. The summed E-state index contributed by atoms with van der Waals surface area (Å²) in [6, 6.07) is 0. The number of hydrogen-bond donors (Lipinski definition) is 0. The first kappa shape index (κ1) is 18.1. The molecule has 0 aliphatic carbocycles. The van der Waals surface area contributed by atoms with Crippen LogP contribution < -0.4 is 0 Å². The van der Waals surface area contributed by atoms with Crippen LogP contribution >= 0.6 is 15.9 Å². The molecule has 2 rings (SSSR count). The van der Waals surface area contributed by atoms with Crippen LogP contribution in [0.2, 0.25) is 0 Å². The summed E-state index contributed by atoms with van der Waals surface area (Å²) in [5, 5.41) is 4.00. The first-order valence-corrected chi connectivity index (χ1v) is 7.92. The second kappa shape index (κ2) is 6.35. The number of carbonyl (C=O) groups excluding carboxylic acids is 1. The lowest BCUT2D eigenvalue weighted by Gasteiger charge is -2.24. The zero-order valence-corrected chi connectivity index (χ0v) is 15.1. The zero-order valence-electron chi connectivity index (χ0n) is 13.5. The molecule has 1 aliphatic heterocycles. The van der Waals surface area contributed by atoms with Crippen molar-refractivity contribution < 1.29 is 23.0 Å². The molecule has 1 aliphatic rings. The molecule has 1 saturated heterocycles. The number of nitrogens with zero attached hydrogens (tertiary/aromatic N) is 3. The van der Waals surface area contributed by atoms with Crippen molar-refractivity contribution in [2.75, 3.05) is 13.1 Å². The van der Waals surface area contributed by atoms with Crippen molar-refractivity contribution >= 4 is 22.0 Å². The first-order chi connectivity index (χ1) is 10.5. The summed E-state index contributed by atoms with van der Waals surface area (Å²) in [7, 11) is 1.72. The van der Waals surface area contributed by atoms with E-state index >= 15 is 0 Å². The third-order valence-electron chi connectivity index (χ3n) is 3.29. The Bertz CT molecular complexity index is 586. The Labute approximate surface area is 141 Å². The number of alkyl halides is 2. The van der Waals surface area contributed by atoms with Gasteiger partial charge in [-0.05, 0) is 36.7 Å². The lowest BCUT2D eigenvalue weighted by atomic mass is 10.2. The summed E-state index contributed by atoms with van der Waals surface area (Å²) in [5.74, 6) is -3.12. The fourth-order valence-corrected chi connectivity index (χ4v) is 2.46. The number of halogens is 3. The highest BCUT2D eigenvalue weighted by Gasteiger charge is 2.51. The van der Waals surface area contributed by atoms with Gasteiger partial charge in [0.05, 0.1) is 25.9 Å². The van der Waals surface area contributed by atoms with Crippen molar-refractivity contribution in [1.29, 1.82) is 0 Å². The van der Waals surface area contributed by atoms with Gasteiger partial charge >= 0.3 is 6.09 Å². The lowest BCUT2D eigenvalue weighted by molar-refractivity contribution is -0.111. The quantitative estimate of drug-likeness (QED) is 0.789. The lowest BCUT2D eigenvalue weighted by Crippen LogP contribution is -2.36. The normalized spacial score (nSPS) is 20.8. The molecule has 130 valence electrons. The van der Waals surface area contributed by atoms with E-state index in [1.165, 1.54) is 0 Å². The Morgan fingerprint density at radius 2 is 2.17 bits per heavy atom. The van der Waals surface area contributed by atoms with Gasteiger partial charge in [0.1, 0.15) is 16.3 Å². The Hall–Kier alpha value is -1.22. The molecule has 23 heavy (non-hydrogen) atoms. The van der Waals surface area contributed by atoms with Gasteiger partial charge in [-0.2, -0.15) is 5.10 Å². The molecular formula is C14H20BrF2N3O3. The van der Waals surface area contributed by atoms with E-state index < -0.39 is 30.3 Å². The monoisotopic (exact) mass is 395 g/mol. The molecule has 0 bridgehead atoms.